The Morgan fingerprint density at radius 1 is 0.377 bits per heavy atom. The minimum atomic E-state index is -0.0502. The van der Waals surface area contributed by atoms with Gasteiger partial charge >= 0.3 is 0 Å². The lowest BCUT2D eigenvalue weighted by Gasteiger charge is -2.27. The summed E-state index contributed by atoms with van der Waals surface area (Å²) >= 11 is 0. The molecule has 1 heterocycles. The predicted octanol–water partition coefficient (Wildman–Crippen LogP) is 16.2. The van der Waals surface area contributed by atoms with Gasteiger partial charge in [-0.3, -0.25) is 0 Å². The van der Waals surface area contributed by atoms with Crippen molar-refractivity contribution in [2.24, 2.45) is 0 Å². The van der Waals surface area contributed by atoms with Gasteiger partial charge in [0.15, 0.2) is 0 Å². The molecule has 288 valence electrons. The summed E-state index contributed by atoms with van der Waals surface area (Å²) in [6, 6.07) is 80.3. The highest BCUT2D eigenvalue weighted by Gasteiger charge is 2.36. The van der Waals surface area contributed by atoms with Gasteiger partial charge in [-0.15, -0.1) is 0 Å². The first-order valence-electron chi connectivity index (χ1n) is 21.3. The molecule has 0 N–H and O–H groups in total. The summed E-state index contributed by atoms with van der Waals surface area (Å²) in [5, 5.41) is 7.52. The molecule has 11 aromatic rings. The van der Waals surface area contributed by atoms with Crippen molar-refractivity contribution in [3.8, 4) is 39.1 Å². The van der Waals surface area contributed by atoms with Crippen LogP contribution < -0.4 is 4.90 Å². The van der Waals surface area contributed by atoms with Crippen LogP contribution in [0.2, 0.25) is 0 Å². The number of fused-ring (bicyclic) bond motifs is 9. The zero-order valence-corrected chi connectivity index (χ0v) is 34.2. The molecule has 0 unspecified atom stereocenters. The van der Waals surface area contributed by atoms with Crippen LogP contribution in [0.3, 0.4) is 0 Å². The lowest BCUT2D eigenvalue weighted by molar-refractivity contribution is 0.661. The highest BCUT2D eigenvalue weighted by molar-refractivity contribution is 6.17. The molecule has 1 aliphatic rings. The first-order chi connectivity index (χ1) is 30.0. The summed E-state index contributed by atoms with van der Waals surface area (Å²) in [5.74, 6) is 0. The average Bonchev–Trinajstić information content (AvgIpc) is 3.76. The molecule has 2 nitrogen and oxygen atoms in total. The van der Waals surface area contributed by atoms with Crippen LogP contribution >= 0.6 is 0 Å². The van der Waals surface area contributed by atoms with Gasteiger partial charge in [0.05, 0.1) is 16.7 Å². The maximum absolute atomic E-state index is 2.47. The third-order valence-corrected chi connectivity index (χ3v) is 13.1. The van der Waals surface area contributed by atoms with Crippen molar-refractivity contribution in [3.05, 3.63) is 230 Å². The van der Waals surface area contributed by atoms with Crippen LogP contribution in [0.15, 0.2) is 218 Å². The van der Waals surface area contributed by atoms with Crippen LogP contribution in [0.25, 0.3) is 82.4 Å². The minimum Gasteiger partial charge on any atom is -0.310 e. The number of hydrogen-bond acceptors (Lipinski definition) is 1. The first-order valence-corrected chi connectivity index (χ1v) is 21.3. The van der Waals surface area contributed by atoms with E-state index in [0.29, 0.717) is 0 Å². The van der Waals surface area contributed by atoms with E-state index in [-0.39, 0.29) is 5.41 Å². The van der Waals surface area contributed by atoms with Gasteiger partial charge in [-0.25, -0.2) is 0 Å². The Bertz CT molecular complexity index is 3480. The second-order valence-corrected chi connectivity index (χ2v) is 16.9. The van der Waals surface area contributed by atoms with E-state index in [0.717, 1.165) is 28.3 Å². The second-order valence-electron chi connectivity index (χ2n) is 16.9. The molecule has 1 aliphatic carbocycles. The third-order valence-electron chi connectivity index (χ3n) is 13.1. The van der Waals surface area contributed by atoms with Crippen LogP contribution in [0.1, 0.15) is 25.0 Å². The molecule has 0 atom stereocenters. The maximum atomic E-state index is 2.47. The Morgan fingerprint density at radius 2 is 1.03 bits per heavy atom. The first kappa shape index (κ1) is 35.3. The second kappa shape index (κ2) is 13.7. The molecule has 12 rings (SSSR count). The number of rotatable bonds is 6. The van der Waals surface area contributed by atoms with Crippen molar-refractivity contribution < 1.29 is 0 Å². The smallest absolute Gasteiger partial charge is 0.0547 e. The fraction of sp³-hybridized carbons (Fsp3) is 0.0508. The van der Waals surface area contributed by atoms with Gasteiger partial charge in [-0.05, 0) is 121 Å². The molecular formula is C59H42N2. The molecular weight excluding hydrogens is 737 g/mol. The summed E-state index contributed by atoms with van der Waals surface area (Å²) in [4.78, 5) is 2.41. The van der Waals surface area contributed by atoms with Crippen molar-refractivity contribution in [1.82, 2.24) is 4.57 Å². The summed E-state index contributed by atoms with van der Waals surface area (Å²) in [6.45, 7) is 4.73. The number of nitrogens with zero attached hydrogens (tertiary/aromatic N) is 2. The van der Waals surface area contributed by atoms with Crippen LogP contribution in [0, 0.1) is 0 Å². The fourth-order valence-electron chi connectivity index (χ4n) is 10.2. The minimum absolute atomic E-state index is 0.0502. The Morgan fingerprint density at radius 3 is 1.89 bits per heavy atom. The molecule has 10 aromatic carbocycles. The van der Waals surface area contributed by atoms with Crippen LogP contribution in [0.4, 0.5) is 17.1 Å². The lowest BCUT2D eigenvalue weighted by Crippen LogP contribution is -2.14. The molecule has 1 aromatic heterocycles. The van der Waals surface area contributed by atoms with E-state index in [1.165, 1.54) is 82.3 Å². The molecule has 0 saturated heterocycles. The Kier molecular flexibility index (Phi) is 7.92. The normalized spacial score (nSPS) is 12.9. The topological polar surface area (TPSA) is 8.17 Å². The lowest BCUT2D eigenvalue weighted by atomic mass is 9.82. The van der Waals surface area contributed by atoms with E-state index in [1.807, 2.05) is 0 Å². The SMILES string of the molecule is CC1(C)c2ccccc2-c2c1ccc1cc3c(cc21)c1ccc(-c2cccc(N(c4ccc(-c5ccccc5)cc4)c4cccc5ccccc45)c2)cc1n3-c1ccccc1. The zero-order chi connectivity index (χ0) is 40.7. The van der Waals surface area contributed by atoms with Crippen molar-refractivity contribution in [2.45, 2.75) is 19.3 Å². The van der Waals surface area contributed by atoms with Gasteiger partial charge < -0.3 is 9.47 Å². The number of aromatic nitrogens is 1. The zero-order valence-electron chi connectivity index (χ0n) is 34.2. The highest BCUT2D eigenvalue weighted by atomic mass is 15.1. The number of hydrogen-bond donors (Lipinski definition) is 0. The van der Waals surface area contributed by atoms with Crippen molar-refractivity contribution in [1.29, 1.82) is 0 Å². The monoisotopic (exact) mass is 778 g/mol. The summed E-state index contributed by atoms with van der Waals surface area (Å²) in [5.41, 5.74) is 17.1. The molecule has 0 fully saturated rings. The summed E-state index contributed by atoms with van der Waals surface area (Å²) < 4.78 is 2.46. The van der Waals surface area contributed by atoms with Crippen molar-refractivity contribution in [2.75, 3.05) is 4.90 Å². The van der Waals surface area contributed by atoms with Gasteiger partial charge in [-0.2, -0.15) is 0 Å². The van der Waals surface area contributed by atoms with E-state index in [1.54, 1.807) is 0 Å². The van der Waals surface area contributed by atoms with Gasteiger partial charge in [0.25, 0.3) is 0 Å². The van der Waals surface area contributed by atoms with Gasteiger partial charge in [0.2, 0.25) is 0 Å². The van der Waals surface area contributed by atoms with E-state index in [2.05, 4.69) is 242 Å². The summed E-state index contributed by atoms with van der Waals surface area (Å²) in [7, 11) is 0. The summed E-state index contributed by atoms with van der Waals surface area (Å²) in [6.07, 6.45) is 0. The van der Waals surface area contributed by atoms with Crippen molar-refractivity contribution >= 4 is 60.4 Å². The number of anilines is 3. The van der Waals surface area contributed by atoms with Crippen LogP contribution in [-0.2, 0) is 5.41 Å². The molecule has 0 radical (unpaired) electrons. The fourth-order valence-corrected chi connectivity index (χ4v) is 10.2. The number of para-hydroxylation sites is 1. The van der Waals surface area contributed by atoms with E-state index in [4.69, 9.17) is 0 Å². The molecule has 0 saturated carbocycles. The van der Waals surface area contributed by atoms with Gasteiger partial charge in [-0.1, -0.05) is 172 Å². The number of benzene rings is 10. The molecule has 0 amide bonds. The molecule has 0 spiro atoms. The third kappa shape index (κ3) is 5.56. The highest BCUT2D eigenvalue weighted by Crippen LogP contribution is 2.52. The van der Waals surface area contributed by atoms with Gasteiger partial charge in [0.1, 0.15) is 0 Å². The molecule has 0 bridgehead atoms. The van der Waals surface area contributed by atoms with Crippen LogP contribution in [0.5, 0.6) is 0 Å². The van der Waals surface area contributed by atoms with E-state index >= 15 is 0 Å². The van der Waals surface area contributed by atoms with Gasteiger partial charge in [0, 0.05) is 38.6 Å². The Hall–Kier alpha value is -7.68. The van der Waals surface area contributed by atoms with Crippen LogP contribution in [-0.4, -0.2) is 4.57 Å². The Labute approximate surface area is 356 Å². The molecule has 61 heavy (non-hydrogen) atoms. The largest absolute Gasteiger partial charge is 0.310 e. The molecule has 2 heteroatoms. The van der Waals surface area contributed by atoms with Crippen molar-refractivity contribution in [3.63, 3.8) is 0 Å². The average molecular weight is 779 g/mol. The van der Waals surface area contributed by atoms with E-state index < -0.39 is 0 Å². The predicted molar refractivity (Wildman–Crippen MR) is 259 cm³/mol. The Balaban J connectivity index is 1.04. The quantitative estimate of drug-likeness (QED) is 0.163. The standard InChI is InChI=1S/C59H42N2/c1-59(2)53-25-12-11-24-50(53)58-51-38-52-49-33-29-43(36-56(49)61(45-20-7-4-8-21-45)57(52)37-44(51)30-34-54(58)59)42-19-13-22-47(35-42)60(55-26-14-18-41-17-9-10-23-48(41)55)46-31-27-40(28-32-46)39-15-5-3-6-16-39/h3-38H,1-2H3. The van der Waals surface area contributed by atoms with E-state index in [9.17, 15) is 0 Å². The molecule has 0 aliphatic heterocycles. The maximum Gasteiger partial charge on any atom is 0.0547 e.